The summed E-state index contributed by atoms with van der Waals surface area (Å²) < 4.78 is 0.299. The van der Waals surface area contributed by atoms with Crippen molar-refractivity contribution in [2.75, 3.05) is 6.54 Å². The van der Waals surface area contributed by atoms with Gasteiger partial charge in [-0.1, -0.05) is 41.9 Å². The molecule has 100 valence electrons. The van der Waals surface area contributed by atoms with Crippen LogP contribution >= 0.6 is 22.6 Å². The zero-order valence-electron chi connectivity index (χ0n) is 10.3. The first-order valence-corrected chi connectivity index (χ1v) is 8.37. The number of carbonyl (C=O) groups is 1. The van der Waals surface area contributed by atoms with E-state index in [1.165, 1.54) is 32.1 Å². The summed E-state index contributed by atoms with van der Waals surface area (Å²) in [4.78, 5) is 13.9. The third-order valence-electron chi connectivity index (χ3n) is 5.76. The van der Waals surface area contributed by atoms with E-state index in [4.69, 9.17) is 0 Å². The van der Waals surface area contributed by atoms with Gasteiger partial charge in [0.05, 0.1) is 10.1 Å². The molecule has 2 saturated carbocycles. The van der Waals surface area contributed by atoms with E-state index in [9.17, 15) is 10.0 Å². The van der Waals surface area contributed by atoms with Crippen molar-refractivity contribution in [3.8, 4) is 0 Å². The molecule has 2 aliphatic carbocycles. The van der Waals surface area contributed by atoms with Crippen LogP contribution in [0.5, 0.6) is 0 Å². The Kier molecular flexibility index (Phi) is 2.60. The molecule has 4 aliphatic rings. The van der Waals surface area contributed by atoms with Crippen LogP contribution in [0.15, 0.2) is 0 Å². The van der Waals surface area contributed by atoms with Gasteiger partial charge in [0.25, 0.3) is 0 Å². The molecule has 3 unspecified atom stereocenters. The zero-order valence-corrected chi connectivity index (χ0v) is 12.5. The molecular formula is C13H19IN2O2. The molecule has 0 radical (unpaired) electrons. The van der Waals surface area contributed by atoms with E-state index >= 15 is 0 Å². The normalized spacial score (nSPS) is 50.4. The number of amides is 2. The fourth-order valence-corrected chi connectivity index (χ4v) is 6.48. The first-order valence-electron chi connectivity index (χ1n) is 7.13. The molecule has 2 aliphatic heterocycles. The lowest BCUT2D eigenvalue weighted by Gasteiger charge is -2.58. The topological polar surface area (TPSA) is 43.8 Å². The molecule has 0 aromatic heterocycles. The SMILES string of the molecule is O=C1N(O)[C@H]2CN1[C@H](I)C1C3CCCCCC3[C@@H]12. The van der Waals surface area contributed by atoms with Crippen LogP contribution in [0.1, 0.15) is 32.1 Å². The maximum absolute atomic E-state index is 12.0. The number of urea groups is 1. The Morgan fingerprint density at radius 1 is 1.11 bits per heavy atom. The summed E-state index contributed by atoms with van der Waals surface area (Å²) in [5, 5.41) is 11.0. The summed E-state index contributed by atoms with van der Waals surface area (Å²) in [6.45, 7) is 0.743. The smallest absolute Gasteiger partial charge is 0.309 e. The average molecular weight is 362 g/mol. The van der Waals surface area contributed by atoms with Crippen molar-refractivity contribution in [1.29, 1.82) is 0 Å². The molecule has 2 amide bonds. The van der Waals surface area contributed by atoms with Gasteiger partial charge in [-0.3, -0.25) is 5.21 Å². The Morgan fingerprint density at radius 3 is 2.50 bits per heavy atom. The van der Waals surface area contributed by atoms with Crippen LogP contribution in [0.3, 0.4) is 0 Å². The highest BCUT2D eigenvalue weighted by Crippen LogP contribution is 2.61. The fraction of sp³-hybridized carbons (Fsp3) is 0.923. The van der Waals surface area contributed by atoms with Gasteiger partial charge in [0, 0.05) is 6.54 Å². The van der Waals surface area contributed by atoms with Crippen LogP contribution in [0, 0.1) is 23.7 Å². The monoisotopic (exact) mass is 362 g/mol. The summed E-state index contributed by atoms with van der Waals surface area (Å²) in [6, 6.07) is -0.0868. The Bertz CT molecular complexity index is 391. The summed E-state index contributed by atoms with van der Waals surface area (Å²) in [5.74, 6) is 2.77. The molecule has 5 heteroatoms. The van der Waals surface area contributed by atoms with Gasteiger partial charge in [0.1, 0.15) is 0 Å². The molecular weight excluding hydrogens is 343 g/mol. The predicted octanol–water partition coefficient (Wildman–Crippen LogP) is 2.70. The number of halogens is 1. The minimum absolute atomic E-state index is 0.0767. The first-order chi connectivity index (χ1) is 8.70. The van der Waals surface area contributed by atoms with Gasteiger partial charge in [-0.05, 0) is 36.5 Å². The van der Waals surface area contributed by atoms with Crippen LogP contribution in [-0.4, -0.2) is 37.8 Å². The lowest BCUT2D eigenvalue weighted by Crippen LogP contribution is -2.62. The van der Waals surface area contributed by atoms with E-state index in [1.54, 1.807) is 0 Å². The first kappa shape index (κ1) is 11.8. The maximum atomic E-state index is 12.0. The van der Waals surface area contributed by atoms with Crippen LogP contribution in [0.25, 0.3) is 0 Å². The largest absolute Gasteiger partial charge is 0.345 e. The van der Waals surface area contributed by atoms with Crippen molar-refractivity contribution in [3.63, 3.8) is 0 Å². The maximum Gasteiger partial charge on any atom is 0.345 e. The van der Waals surface area contributed by atoms with Crippen LogP contribution in [-0.2, 0) is 0 Å². The van der Waals surface area contributed by atoms with E-state index in [0.29, 0.717) is 15.9 Å². The minimum atomic E-state index is -0.164. The fourth-order valence-electron chi connectivity index (χ4n) is 5.00. The van der Waals surface area contributed by atoms with Crippen LogP contribution < -0.4 is 0 Å². The highest BCUT2D eigenvalue weighted by Gasteiger charge is 2.64. The Labute approximate surface area is 121 Å². The lowest BCUT2D eigenvalue weighted by atomic mass is 9.51. The predicted molar refractivity (Wildman–Crippen MR) is 74.4 cm³/mol. The van der Waals surface area contributed by atoms with Gasteiger partial charge in [0.2, 0.25) is 0 Å². The van der Waals surface area contributed by atoms with E-state index in [2.05, 4.69) is 22.6 Å². The molecule has 18 heavy (non-hydrogen) atoms. The number of hydrogen-bond acceptors (Lipinski definition) is 2. The van der Waals surface area contributed by atoms with Crippen molar-refractivity contribution < 1.29 is 10.0 Å². The third-order valence-corrected chi connectivity index (χ3v) is 7.26. The molecule has 2 saturated heterocycles. The molecule has 0 aromatic carbocycles. The summed E-state index contributed by atoms with van der Waals surface area (Å²) in [6.07, 6.45) is 6.72. The number of alkyl halides is 1. The summed E-state index contributed by atoms with van der Waals surface area (Å²) in [7, 11) is 0. The van der Waals surface area contributed by atoms with E-state index in [-0.39, 0.29) is 12.1 Å². The standard InChI is InChI=1S/C13H19IN2O2/c14-12-11-8-5-3-1-2-4-7(8)10(11)9-6-15(12)13(17)16(9)18/h7-12,18H,1-6H2/t7?,8?,9-,10+,11?,12-/m0/s1. The molecule has 0 aromatic rings. The van der Waals surface area contributed by atoms with Gasteiger partial charge in [-0.2, -0.15) is 0 Å². The molecule has 2 heterocycles. The highest BCUT2D eigenvalue weighted by molar-refractivity contribution is 14.1. The second-order valence-corrected chi connectivity index (χ2v) is 7.62. The number of hydrogen-bond donors (Lipinski definition) is 1. The summed E-state index contributed by atoms with van der Waals surface area (Å²) in [5.41, 5.74) is 0. The number of rotatable bonds is 0. The van der Waals surface area contributed by atoms with Crippen molar-refractivity contribution in [1.82, 2.24) is 9.96 Å². The molecule has 2 bridgehead atoms. The van der Waals surface area contributed by atoms with E-state index in [1.807, 2.05) is 4.90 Å². The quantitative estimate of drug-likeness (QED) is 0.312. The van der Waals surface area contributed by atoms with Crippen molar-refractivity contribution in [2.45, 2.75) is 42.2 Å². The molecule has 6 atom stereocenters. The molecule has 0 spiro atoms. The van der Waals surface area contributed by atoms with Crippen LogP contribution in [0.2, 0.25) is 0 Å². The summed E-state index contributed by atoms with van der Waals surface area (Å²) >= 11 is 2.43. The molecule has 1 N–H and O–H groups in total. The van der Waals surface area contributed by atoms with Gasteiger partial charge in [-0.15, -0.1) is 0 Å². The number of piperidine rings is 1. The number of carbonyl (C=O) groups excluding carboxylic acids is 1. The van der Waals surface area contributed by atoms with Gasteiger partial charge in [0.15, 0.2) is 0 Å². The molecule has 4 nitrogen and oxygen atoms in total. The van der Waals surface area contributed by atoms with Crippen molar-refractivity contribution in [2.24, 2.45) is 23.7 Å². The molecule has 4 fully saturated rings. The lowest BCUT2D eigenvalue weighted by molar-refractivity contribution is -0.145. The highest BCUT2D eigenvalue weighted by atomic mass is 127. The minimum Gasteiger partial charge on any atom is -0.309 e. The van der Waals surface area contributed by atoms with E-state index < -0.39 is 0 Å². The number of nitrogens with zero attached hydrogens (tertiary/aromatic N) is 2. The zero-order chi connectivity index (χ0) is 12.4. The van der Waals surface area contributed by atoms with Crippen LogP contribution in [0.4, 0.5) is 4.79 Å². The second-order valence-electron chi connectivity index (χ2n) is 6.34. The number of hydroxylamine groups is 2. The third kappa shape index (κ3) is 1.32. The van der Waals surface area contributed by atoms with Gasteiger partial charge >= 0.3 is 6.03 Å². The Morgan fingerprint density at radius 2 is 1.78 bits per heavy atom. The van der Waals surface area contributed by atoms with Crippen molar-refractivity contribution >= 4 is 28.6 Å². The number of fused-ring (bicyclic) bond motifs is 7. The average Bonchev–Trinajstić information content (AvgIpc) is 2.52. The Balaban J connectivity index is 1.67. The second kappa shape index (κ2) is 3.98. The Hall–Kier alpha value is -0.0400. The van der Waals surface area contributed by atoms with Crippen molar-refractivity contribution in [3.05, 3.63) is 0 Å². The molecule has 4 rings (SSSR count). The van der Waals surface area contributed by atoms with Gasteiger partial charge in [-0.25, -0.2) is 9.86 Å². The van der Waals surface area contributed by atoms with E-state index in [0.717, 1.165) is 23.4 Å². The van der Waals surface area contributed by atoms with Gasteiger partial charge < -0.3 is 4.90 Å².